The molecule has 0 unspecified atom stereocenters. The van der Waals surface area contributed by atoms with E-state index in [9.17, 15) is 0 Å². The molecule has 0 aliphatic carbocycles. The van der Waals surface area contributed by atoms with E-state index < -0.39 is 0 Å². The molecule has 94 valence electrons. The van der Waals surface area contributed by atoms with Gasteiger partial charge in [-0.2, -0.15) is 0 Å². The molecule has 0 atom stereocenters. The van der Waals surface area contributed by atoms with Gasteiger partial charge in [-0.1, -0.05) is 41.4 Å². The molecule has 2 nitrogen and oxygen atoms in total. The van der Waals surface area contributed by atoms with Gasteiger partial charge in [0, 0.05) is 40.3 Å². The number of aromatic nitrogens is 2. The van der Waals surface area contributed by atoms with E-state index in [1.54, 1.807) is 12.4 Å². The van der Waals surface area contributed by atoms with E-state index in [-0.39, 0.29) is 0 Å². The normalized spacial score (nSPS) is 10.6. The van der Waals surface area contributed by atoms with E-state index in [0.29, 0.717) is 9.49 Å². The number of nitrogens with zero attached hydrogens (tertiary/aromatic N) is 2. The molecule has 5 heteroatoms. The van der Waals surface area contributed by atoms with Crippen LogP contribution in [0.1, 0.15) is 0 Å². The third-order valence-corrected chi connectivity index (χ3v) is 4.21. The summed E-state index contributed by atoms with van der Waals surface area (Å²) in [4.78, 5) is 9.27. The molecule has 0 saturated carbocycles. The predicted octanol–water partition coefficient (Wildman–Crippen LogP) is 5.18. The average Bonchev–Trinajstić information content (AvgIpc) is 2.86. The van der Waals surface area contributed by atoms with Crippen molar-refractivity contribution in [1.82, 2.24) is 9.97 Å². The lowest BCUT2D eigenvalue weighted by atomic mass is 10.0. The quantitative estimate of drug-likeness (QED) is 0.652. The third kappa shape index (κ3) is 2.50. The van der Waals surface area contributed by atoms with Crippen LogP contribution >= 0.6 is 34.5 Å². The molecule has 19 heavy (non-hydrogen) atoms. The maximum atomic E-state index is 6.26. The summed E-state index contributed by atoms with van der Waals surface area (Å²) >= 11 is 13.6. The number of pyridine rings is 1. The molecule has 0 fully saturated rings. The summed E-state index contributed by atoms with van der Waals surface area (Å²) < 4.78 is 0.525. The smallest absolute Gasteiger partial charge is 0.184 e. The van der Waals surface area contributed by atoms with Crippen molar-refractivity contribution in [2.45, 2.75) is 0 Å². The fraction of sp³-hybridized carbons (Fsp3) is 0. The van der Waals surface area contributed by atoms with Crippen LogP contribution in [0.5, 0.6) is 0 Å². The Morgan fingerprint density at radius 1 is 0.895 bits per heavy atom. The first kappa shape index (κ1) is 12.6. The molecule has 0 radical (unpaired) electrons. The van der Waals surface area contributed by atoms with Crippen molar-refractivity contribution in [3.8, 4) is 21.6 Å². The van der Waals surface area contributed by atoms with Crippen molar-refractivity contribution in [1.29, 1.82) is 0 Å². The SMILES string of the molecule is Clc1ncc(-c2ccncc2-c2ccccc2Cl)s1. The Balaban J connectivity index is 2.21. The Morgan fingerprint density at radius 3 is 2.47 bits per heavy atom. The summed E-state index contributed by atoms with van der Waals surface area (Å²) in [6.45, 7) is 0. The molecule has 3 aromatic rings. The van der Waals surface area contributed by atoms with Crippen molar-refractivity contribution >= 4 is 34.5 Å². The number of benzene rings is 1. The van der Waals surface area contributed by atoms with E-state index in [1.807, 2.05) is 36.5 Å². The van der Waals surface area contributed by atoms with Crippen LogP contribution in [0.15, 0.2) is 48.9 Å². The predicted molar refractivity (Wildman–Crippen MR) is 80.8 cm³/mol. The van der Waals surface area contributed by atoms with Crippen LogP contribution < -0.4 is 0 Å². The minimum atomic E-state index is 0.525. The van der Waals surface area contributed by atoms with Crippen molar-refractivity contribution in [2.75, 3.05) is 0 Å². The van der Waals surface area contributed by atoms with E-state index >= 15 is 0 Å². The van der Waals surface area contributed by atoms with Crippen LogP contribution in [0.3, 0.4) is 0 Å². The molecule has 0 bridgehead atoms. The summed E-state index contributed by atoms with van der Waals surface area (Å²) in [7, 11) is 0. The van der Waals surface area contributed by atoms with Crippen LogP contribution in [0.4, 0.5) is 0 Å². The molecule has 3 rings (SSSR count). The molecule has 2 aromatic heterocycles. The maximum absolute atomic E-state index is 6.26. The summed E-state index contributed by atoms with van der Waals surface area (Å²) in [5, 5.41) is 0.701. The van der Waals surface area contributed by atoms with Crippen molar-refractivity contribution in [3.63, 3.8) is 0 Å². The Morgan fingerprint density at radius 2 is 1.74 bits per heavy atom. The van der Waals surface area contributed by atoms with Crippen LogP contribution in [0, 0.1) is 0 Å². The fourth-order valence-electron chi connectivity index (χ4n) is 1.88. The average molecular weight is 307 g/mol. The number of halogens is 2. The Kier molecular flexibility index (Phi) is 3.51. The maximum Gasteiger partial charge on any atom is 0.184 e. The van der Waals surface area contributed by atoms with Crippen molar-refractivity contribution < 1.29 is 0 Å². The highest BCUT2D eigenvalue weighted by Gasteiger charge is 2.12. The lowest BCUT2D eigenvalue weighted by Gasteiger charge is -2.08. The van der Waals surface area contributed by atoms with Crippen molar-refractivity contribution in [3.05, 3.63) is 58.4 Å². The lowest BCUT2D eigenvalue weighted by Crippen LogP contribution is -1.85. The van der Waals surface area contributed by atoms with Gasteiger partial charge in [-0.15, -0.1) is 11.3 Å². The standard InChI is InChI=1S/C14H8Cl2N2S/c15-12-4-2-1-3-9(12)11-7-17-6-5-10(11)13-8-18-14(16)19-13/h1-8H. The molecule has 0 N–H and O–H groups in total. The number of thiazole rings is 1. The molecule has 0 spiro atoms. The van der Waals surface area contributed by atoms with Gasteiger partial charge in [0.15, 0.2) is 4.47 Å². The lowest BCUT2D eigenvalue weighted by molar-refractivity contribution is 1.33. The first-order chi connectivity index (χ1) is 9.25. The molecule has 1 aromatic carbocycles. The van der Waals surface area contributed by atoms with Crippen LogP contribution in [0.2, 0.25) is 9.49 Å². The van der Waals surface area contributed by atoms with Crippen LogP contribution in [-0.4, -0.2) is 9.97 Å². The zero-order valence-electron chi connectivity index (χ0n) is 9.68. The van der Waals surface area contributed by atoms with Gasteiger partial charge in [0.05, 0.1) is 4.88 Å². The zero-order valence-corrected chi connectivity index (χ0v) is 12.0. The number of hydrogen-bond acceptors (Lipinski definition) is 3. The van der Waals surface area contributed by atoms with Gasteiger partial charge < -0.3 is 0 Å². The number of hydrogen-bond donors (Lipinski definition) is 0. The van der Waals surface area contributed by atoms with E-state index in [0.717, 1.165) is 21.6 Å². The first-order valence-electron chi connectivity index (χ1n) is 5.56. The second kappa shape index (κ2) is 5.29. The Bertz CT molecular complexity index is 725. The van der Waals surface area contributed by atoms with Crippen LogP contribution in [-0.2, 0) is 0 Å². The van der Waals surface area contributed by atoms with E-state index in [4.69, 9.17) is 23.2 Å². The monoisotopic (exact) mass is 306 g/mol. The van der Waals surface area contributed by atoms with Gasteiger partial charge in [-0.05, 0) is 12.1 Å². The zero-order chi connectivity index (χ0) is 13.2. The van der Waals surface area contributed by atoms with Crippen molar-refractivity contribution in [2.24, 2.45) is 0 Å². The van der Waals surface area contributed by atoms with Gasteiger partial charge in [-0.3, -0.25) is 4.98 Å². The Labute approximate surface area is 124 Å². The highest BCUT2D eigenvalue weighted by atomic mass is 35.5. The molecule has 2 heterocycles. The topological polar surface area (TPSA) is 25.8 Å². The number of rotatable bonds is 2. The highest BCUT2D eigenvalue weighted by Crippen LogP contribution is 2.38. The fourth-order valence-corrected chi connectivity index (χ4v) is 3.10. The van der Waals surface area contributed by atoms with Gasteiger partial charge in [0.2, 0.25) is 0 Å². The summed E-state index contributed by atoms with van der Waals surface area (Å²) in [6.07, 6.45) is 5.33. The summed E-state index contributed by atoms with van der Waals surface area (Å²) in [5.74, 6) is 0. The summed E-state index contributed by atoms with van der Waals surface area (Å²) in [5.41, 5.74) is 2.97. The van der Waals surface area contributed by atoms with Crippen LogP contribution in [0.25, 0.3) is 21.6 Å². The molecular weight excluding hydrogens is 299 g/mol. The summed E-state index contributed by atoms with van der Waals surface area (Å²) in [6, 6.07) is 9.66. The minimum Gasteiger partial charge on any atom is -0.264 e. The first-order valence-corrected chi connectivity index (χ1v) is 7.13. The molecule has 0 saturated heterocycles. The highest BCUT2D eigenvalue weighted by molar-refractivity contribution is 7.18. The van der Waals surface area contributed by atoms with E-state index in [1.165, 1.54) is 11.3 Å². The van der Waals surface area contributed by atoms with Gasteiger partial charge in [0.1, 0.15) is 0 Å². The second-order valence-corrected chi connectivity index (χ2v) is 5.90. The minimum absolute atomic E-state index is 0.525. The van der Waals surface area contributed by atoms with Gasteiger partial charge in [0.25, 0.3) is 0 Å². The van der Waals surface area contributed by atoms with Gasteiger partial charge in [-0.25, -0.2) is 4.98 Å². The third-order valence-electron chi connectivity index (χ3n) is 2.73. The largest absolute Gasteiger partial charge is 0.264 e. The molecular formula is C14H8Cl2N2S. The Hall–Kier alpha value is -1.42. The second-order valence-electron chi connectivity index (χ2n) is 3.88. The molecule has 0 amide bonds. The van der Waals surface area contributed by atoms with Gasteiger partial charge >= 0.3 is 0 Å². The molecule has 0 aliphatic heterocycles. The molecule has 0 aliphatic rings. The van der Waals surface area contributed by atoms with E-state index in [2.05, 4.69) is 9.97 Å².